The van der Waals surface area contributed by atoms with E-state index in [1.54, 1.807) is 12.5 Å². The van der Waals surface area contributed by atoms with E-state index in [1.807, 2.05) is 27.6 Å². The van der Waals surface area contributed by atoms with Gasteiger partial charge in [0.15, 0.2) is 0 Å². The fourth-order valence-electron chi connectivity index (χ4n) is 3.34. The standard InChI is InChI=1S/C19H26N4O2/c1-19(2,3)10-17(24)21-14-6-4-8-22(12-14)18(25)15-7-5-9-23-13-20-11-16(15)23/h5,7,9,11,13-14H,4,6,8,10,12H2,1-3H3,(H,21,24). The number of nitrogens with zero attached hydrogens (tertiary/aromatic N) is 3. The van der Waals surface area contributed by atoms with Crippen LogP contribution < -0.4 is 5.32 Å². The van der Waals surface area contributed by atoms with Gasteiger partial charge in [0.25, 0.3) is 5.91 Å². The molecule has 1 aliphatic rings. The Morgan fingerprint density at radius 2 is 2.16 bits per heavy atom. The molecular weight excluding hydrogens is 316 g/mol. The van der Waals surface area contributed by atoms with E-state index in [-0.39, 0.29) is 23.3 Å². The number of aromatic nitrogens is 2. The fraction of sp³-hybridized carbons (Fsp3) is 0.526. The van der Waals surface area contributed by atoms with Gasteiger partial charge in [0, 0.05) is 31.7 Å². The van der Waals surface area contributed by atoms with Gasteiger partial charge in [-0.15, -0.1) is 0 Å². The molecule has 0 aromatic carbocycles. The van der Waals surface area contributed by atoms with Crippen LogP contribution in [0.25, 0.3) is 5.52 Å². The Morgan fingerprint density at radius 1 is 1.36 bits per heavy atom. The first-order chi connectivity index (χ1) is 11.8. The SMILES string of the molecule is CC(C)(C)CC(=O)NC1CCCN(C(=O)c2cccn3cncc23)C1. The van der Waals surface area contributed by atoms with Gasteiger partial charge in [0.2, 0.25) is 5.91 Å². The van der Waals surface area contributed by atoms with Gasteiger partial charge < -0.3 is 14.6 Å². The van der Waals surface area contributed by atoms with Crippen LogP contribution in [0, 0.1) is 5.41 Å². The zero-order valence-electron chi connectivity index (χ0n) is 15.2. The van der Waals surface area contributed by atoms with Crippen LogP contribution in [0.5, 0.6) is 0 Å². The molecule has 25 heavy (non-hydrogen) atoms. The molecule has 2 amide bonds. The predicted molar refractivity (Wildman–Crippen MR) is 96.3 cm³/mol. The number of amides is 2. The van der Waals surface area contributed by atoms with Crippen LogP contribution in [-0.2, 0) is 4.79 Å². The summed E-state index contributed by atoms with van der Waals surface area (Å²) in [4.78, 5) is 31.1. The zero-order valence-corrected chi connectivity index (χ0v) is 15.2. The highest BCUT2D eigenvalue weighted by Gasteiger charge is 2.27. The van der Waals surface area contributed by atoms with Gasteiger partial charge in [0.1, 0.15) is 0 Å². The summed E-state index contributed by atoms with van der Waals surface area (Å²) in [6.07, 6.45) is 7.58. The maximum Gasteiger partial charge on any atom is 0.256 e. The zero-order chi connectivity index (χ0) is 18.0. The molecule has 1 aliphatic heterocycles. The molecule has 6 nitrogen and oxygen atoms in total. The number of nitrogens with one attached hydrogen (secondary N) is 1. The number of hydrogen-bond acceptors (Lipinski definition) is 3. The molecule has 3 heterocycles. The highest BCUT2D eigenvalue weighted by atomic mass is 16.2. The van der Waals surface area contributed by atoms with Crippen molar-refractivity contribution < 1.29 is 9.59 Å². The maximum atomic E-state index is 12.9. The monoisotopic (exact) mass is 342 g/mol. The van der Waals surface area contributed by atoms with E-state index in [2.05, 4.69) is 31.1 Å². The molecule has 1 fully saturated rings. The molecule has 1 unspecified atom stereocenters. The van der Waals surface area contributed by atoms with E-state index in [0.717, 1.165) is 24.9 Å². The van der Waals surface area contributed by atoms with Crippen molar-refractivity contribution in [1.29, 1.82) is 0 Å². The summed E-state index contributed by atoms with van der Waals surface area (Å²) in [6, 6.07) is 3.72. The summed E-state index contributed by atoms with van der Waals surface area (Å²) in [6.45, 7) is 7.43. The first kappa shape index (κ1) is 17.5. The van der Waals surface area contributed by atoms with Crippen LogP contribution in [0.2, 0.25) is 0 Å². The molecule has 134 valence electrons. The average molecular weight is 342 g/mol. The summed E-state index contributed by atoms with van der Waals surface area (Å²) < 4.78 is 1.85. The number of fused-ring (bicyclic) bond motifs is 1. The van der Waals surface area contributed by atoms with Crippen LogP contribution in [-0.4, -0.2) is 45.2 Å². The lowest BCUT2D eigenvalue weighted by Crippen LogP contribution is -2.50. The Morgan fingerprint density at radius 3 is 2.92 bits per heavy atom. The van der Waals surface area contributed by atoms with Crippen molar-refractivity contribution in [2.45, 2.75) is 46.1 Å². The van der Waals surface area contributed by atoms with E-state index >= 15 is 0 Å². The molecule has 1 N–H and O–H groups in total. The van der Waals surface area contributed by atoms with Crippen molar-refractivity contribution in [1.82, 2.24) is 19.6 Å². The summed E-state index contributed by atoms with van der Waals surface area (Å²) in [7, 11) is 0. The largest absolute Gasteiger partial charge is 0.352 e. The molecule has 0 bridgehead atoms. The van der Waals surface area contributed by atoms with E-state index in [4.69, 9.17) is 0 Å². The third-order valence-corrected chi connectivity index (χ3v) is 4.45. The first-order valence-corrected chi connectivity index (χ1v) is 8.83. The van der Waals surface area contributed by atoms with Crippen LogP contribution in [0.4, 0.5) is 0 Å². The molecule has 3 rings (SSSR count). The number of piperidine rings is 1. The van der Waals surface area contributed by atoms with E-state index < -0.39 is 0 Å². The third-order valence-electron chi connectivity index (χ3n) is 4.45. The smallest absolute Gasteiger partial charge is 0.256 e. The van der Waals surface area contributed by atoms with Gasteiger partial charge in [-0.2, -0.15) is 0 Å². The van der Waals surface area contributed by atoms with Gasteiger partial charge in [-0.05, 0) is 30.4 Å². The van der Waals surface area contributed by atoms with Crippen LogP contribution in [0.1, 0.15) is 50.4 Å². The number of pyridine rings is 1. The second-order valence-electron chi connectivity index (χ2n) is 8.00. The second kappa shape index (κ2) is 6.86. The van der Waals surface area contributed by atoms with Crippen LogP contribution in [0.15, 0.2) is 30.9 Å². The fourth-order valence-corrected chi connectivity index (χ4v) is 3.34. The minimum absolute atomic E-state index is 0.000806. The molecule has 0 aliphatic carbocycles. The Bertz CT molecular complexity index is 775. The van der Waals surface area contributed by atoms with Gasteiger partial charge in [-0.25, -0.2) is 4.98 Å². The number of imidazole rings is 1. The first-order valence-electron chi connectivity index (χ1n) is 8.83. The summed E-state index contributed by atoms with van der Waals surface area (Å²) in [5, 5.41) is 3.09. The molecule has 1 atom stereocenters. The molecule has 0 saturated carbocycles. The topological polar surface area (TPSA) is 66.7 Å². The van der Waals surface area contributed by atoms with Crippen molar-refractivity contribution in [2.75, 3.05) is 13.1 Å². The van der Waals surface area contributed by atoms with Crippen molar-refractivity contribution in [3.8, 4) is 0 Å². The Labute approximate surface area is 148 Å². The summed E-state index contributed by atoms with van der Waals surface area (Å²) in [5.41, 5.74) is 1.43. The summed E-state index contributed by atoms with van der Waals surface area (Å²) >= 11 is 0. The Kier molecular flexibility index (Phi) is 4.79. The lowest BCUT2D eigenvalue weighted by Gasteiger charge is -2.34. The lowest BCUT2D eigenvalue weighted by atomic mass is 9.91. The third kappa shape index (κ3) is 4.18. The Balaban J connectivity index is 1.68. The highest BCUT2D eigenvalue weighted by molar-refractivity contribution is 6.00. The van der Waals surface area contributed by atoms with E-state index in [1.165, 1.54) is 0 Å². The highest BCUT2D eigenvalue weighted by Crippen LogP contribution is 2.20. The molecule has 2 aromatic heterocycles. The predicted octanol–water partition coefficient (Wildman–Crippen LogP) is 2.49. The van der Waals surface area contributed by atoms with Gasteiger partial charge >= 0.3 is 0 Å². The molecule has 2 aromatic rings. The number of carbonyl (C=O) groups is 2. The van der Waals surface area contributed by atoms with Crippen molar-refractivity contribution in [2.24, 2.45) is 5.41 Å². The van der Waals surface area contributed by atoms with E-state index in [9.17, 15) is 9.59 Å². The molecule has 0 radical (unpaired) electrons. The lowest BCUT2D eigenvalue weighted by molar-refractivity contribution is -0.123. The van der Waals surface area contributed by atoms with Crippen LogP contribution >= 0.6 is 0 Å². The Hall–Kier alpha value is -2.37. The van der Waals surface area contributed by atoms with Crippen molar-refractivity contribution in [3.05, 3.63) is 36.4 Å². The number of hydrogen-bond donors (Lipinski definition) is 1. The van der Waals surface area contributed by atoms with E-state index in [0.29, 0.717) is 18.5 Å². The second-order valence-corrected chi connectivity index (χ2v) is 8.00. The van der Waals surface area contributed by atoms with Gasteiger partial charge in [-0.3, -0.25) is 9.59 Å². The molecule has 6 heteroatoms. The molecular formula is C19H26N4O2. The molecule has 1 saturated heterocycles. The maximum absolute atomic E-state index is 12.9. The minimum Gasteiger partial charge on any atom is -0.352 e. The molecule has 0 spiro atoms. The normalized spacial score (nSPS) is 18.4. The van der Waals surface area contributed by atoms with Gasteiger partial charge in [0.05, 0.1) is 23.6 Å². The van der Waals surface area contributed by atoms with Crippen molar-refractivity contribution >= 4 is 17.3 Å². The minimum atomic E-state index is -0.0358. The number of rotatable bonds is 3. The van der Waals surface area contributed by atoms with Gasteiger partial charge in [-0.1, -0.05) is 20.8 Å². The van der Waals surface area contributed by atoms with Crippen LogP contribution in [0.3, 0.4) is 0 Å². The average Bonchev–Trinajstić information content (AvgIpc) is 3.01. The quantitative estimate of drug-likeness (QED) is 0.932. The number of carbonyl (C=O) groups excluding carboxylic acids is 2. The van der Waals surface area contributed by atoms with Crippen molar-refractivity contribution in [3.63, 3.8) is 0 Å². The summed E-state index contributed by atoms with van der Waals surface area (Å²) in [5.74, 6) is 0.0607. The number of likely N-dealkylation sites (tertiary alicyclic amines) is 1.